The number of anilines is 2. The molecule has 90 valence electrons. The first kappa shape index (κ1) is 12.7. The van der Waals surface area contributed by atoms with E-state index in [1.165, 1.54) is 6.33 Å². The van der Waals surface area contributed by atoms with E-state index in [9.17, 15) is 0 Å². The molecule has 2 N–H and O–H groups in total. The highest BCUT2D eigenvalue weighted by Gasteiger charge is 2.15. The summed E-state index contributed by atoms with van der Waals surface area (Å²) in [7, 11) is 1.69. The maximum absolute atomic E-state index is 5.78. The van der Waals surface area contributed by atoms with Crippen LogP contribution in [0, 0.1) is 6.92 Å². The SMILES string of the molecule is COCCN(c1ncnc(N)c1C)C(C)C. The molecule has 1 aromatic heterocycles. The van der Waals surface area contributed by atoms with Crippen molar-refractivity contribution >= 4 is 11.6 Å². The smallest absolute Gasteiger partial charge is 0.137 e. The van der Waals surface area contributed by atoms with Crippen molar-refractivity contribution in [3.05, 3.63) is 11.9 Å². The second-order valence-electron chi connectivity index (χ2n) is 3.99. The molecule has 0 aliphatic carbocycles. The van der Waals surface area contributed by atoms with Gasteiger partial charge in [-0.25, -0.2) is 9.97 Å². The van der Waals surface area contributed by atoms with Crippen LogP contribution in [0.2, 0.25) is 0 Å². The van der Waals surface area contributed by atoms with Gasteiger partial charge in [-0.2, -0.15) is 0 Å². The first-order valence-corrected chi connectivity index (χ1v) is 5.40. The summed E-state index contributed by atoms with van der Waals surface area (Å²) in [5, 5.41) is 0. The van der Waals surface area contributed by atoms with E-state index in [2.05, 4.69) is 28.7 Å². The van der Waals surface area contributed by atoms with Crippen molar-refractivity contribution in [3.63, 3.8) is 0 Å². The van der Waals surface area contributed by atoms with Gasteiger partial charge < -0.3 is 15.4 Å². The summed E-state index contributed by atoms with van der Waals surface area (Å²) in [6, 6.07) is 0.350. The van der Waals surface area contributed by atoms with Crippen molar-refractivity contribution in [1.82, 2.24) is 9.97 Å². The topological polar surface area (TPSA) is 64.3 Å². The van der Waals surface area contributed by atoms with Gasteiger partial charge in [-0.15, -0.1) is 0 Å². The van der Waals surface area contributed by atoms with Crippen LogP contribution < -0.4 is 10.6 Å². The van der Waals surface area contributed by atoms with Crippen molar-refractivity contribution in [2.45, 2.75) is 26.8 Å². The lowest BCUT2D eigenvalue weighted by molar-refractivity contribution is 0.203. The van der Waals surface area contributed by atoms with E-state index < -0.39 is 0 Å². The van der Waals surface area contributed by atoms with Gasteiger partial charge in [0.2, 0.25) is 0 Å². The van der Waals surface area contributed by atoms with Gasteiger partial charge in [-0.05, 0) is 20.8 Å². The van der Waals surface area contributed by atoms with Crippen LogP contribution in [0.25, 0.3) is 0 Å². The second kappa shape index (κ2) is 5.65. The third-order valence-corrected chi connectivity index (χ3v) is 2.53. The molecule has 1 rings (SSSR count). The highest BCUT2D eigenvalue weighted by Crippen LogP contribution is 2.21. The molecule has 0 aliphatic heterocycles. The summed E-state index contributed by atoms with van der Waals surface area (Å²) in [5.41, 5.74) is 6.70. The molecule has 16 heavy (non-hydrogen) atoms. The van der Waals surface area contributed by atoms with Crippen molar-refractivity contribution in [1.29, 1.82) is 0 Å². The molecule has 0 unspecified atom stereocenters. The number of rotatable bonds is 5. The number of aromatic nitrogens is 2. The summed E-state index contributed by atoms with van der Waals surface area (Å²) >= 11 is 0. The zero-order valence-corrected chi connectivity index (χ0v) is 10.4. The van der Waals surface area contributed by atoms with Crippen LogP contribution in [0.4, 0.5) is 11.6 Å². The molecule has 0 spiro atoms. The minimum Gasteiger partial charge on any atom is -0.383 e. The largest absolute Gasteiger partial charge is 0.383 e. The van der Waals surface area contributed by atoms with Gasteiger partial charge in [0, 0.05) is 25.3 Å². The molecule has 1 aromatic rings. The lowest BCUT2D eigenvalue weighted by Crippen LogP contribution is -2.35. The van der Waals surface area contributed by atoms with Gasteiger partial charge >= 0.3 is 0 Å². The molecule has 0 aromatic carbocycles. The molecule has 0 atom stereocenters. The van der Waals surface area contributed by atoms with Crippen LogP contribution >= 0.6 is 0 Å². The van der Waals surface area contributed by atoms with E-state index in [-0.39, 0.29) is 0 Å². The number of methoxy groups -OCH3 is 1. The third-order valence-electron chi connectivity index (χ3n) is 2.53. The lowest BCUT2D eigenvalue weighted by atomic mass is 10.2. The number of nitrogens with zero attached hydrogens (tertiary/aromatic N) is 3. The molecular formula is C11H20N4O. The van der Waals surface area contributed by atoms with Crippen LogP contribution in [0.5, 0.6) is 0 Å². The van der Waals surface area contributed by atoms with E-state index in [0.29, 0.717) is 18.5 Å². The Morgan fingerprint density at radius 2 is 2.12 bits per heavy atom. The molecule has 0 radical (unpaired) electrons. The maximum atomic E-state index is 5.78. The zero-order valence-electron chi connectivity index (χ0n) is 10.4. The van der Waals surface area contributed by atoms with Crippen molar-refractivity contribution in [2.75, 3.05) is 30.9 Å². The Bertz CT molecular complexity index is 341. The molecule has 1 heterocycles. The number of ether oxygens (including phenoxy) is 1. The first-order chi connectivity index (χ1) is 7.57. The van der Waals surface area contributed by atoms with Gasteiger partial charge in [-0.1, -0.05) is 0 Å². The van der Waals surface area contributed by atoms with Crippen LogP contribution in [0.3, 0.4) is 0 Å². The first-order valence-electron chi connectivity index (χ1n) is 5.40. The molecule has 0 saturated heterocycles. The fourth-order valence-corrected chi connectivity index (χ4v) is 1.54. The van der Waals surface area contributed by atoms with Gasteiger partial charge in [-0.3, -0.25) is 0 Å². The molecule has 5 heteroatoms. The van der Waals surface area contributed by atoms with E-state index in [4.69, 9.17) is 10.5 Å². The van der Waals surface area contributed by atoms with E-state index in [1.54, 1.807) is 7.11 Å². The average molecular weight is 224 g/mol. The Hall–Kier alpha value is -1.36. The predicted molar refractivity (Wildman–Crippen MR) is 65.5 cm³/mol. The van der Waals surface area contributed by atoms with E-state index in [1.807, 2.05) is 6.92 Å². The fraction of sp³-hybridized carbons (Fsp3) is 0.636. The molecule has 0 saturated carbocycles. The summed E-state index contributed by atoms with van der Waals surface area (Å²) in [6.45, 7) is 7.64. The van der Waals surface area contributed by atoms with Crippen molar-refractivity contribution < 1.29 is 4.74 Å². The predicted octanol–water partition coefficient (Wildman–Crippen LogP) is 1.23. The van der Waals surface area contributed by atoms with Crippen LogP contribution in [0.1, 0.15) is 19.4 Å². The van der Waals surface area contributed by atoms with Gasteiger partial charge in [0.1, 0.15) is 18.0 Å². The summed E-state index contributed by atoms with van der Waals surface area (Å²) in [4.78, 5) is 10.4. The highest BCUT2D eigenvalue weighted by molar-refractivity contribution is 5.56. The lowest BCUT2D eigenvalue weighted by Gasteiger charge is -2.28. The third kappa shape index (κ3) is 2.82. The summed E-state index contributed by atoms with van der Waals surface area (Å²) in [6.07, 6.45) is 1.50. The normalized spacial score (nSPS) is 10.8. The van der Waals surface area contributed by atoms with Crippen LogP contribution in [-0.2, 0) is 4.74 Å². The average Bonchev–Trinajstić information content (AvgIpc) is 2.24. The minimum absolute atomic E-state index is 0.350. The zero-order chi connectivity index (χ0) is 12.1. The highest BCUT2D eigenvalue weighted by atomic mass is 16.5. The molecule has 0 aliphatic rings. The molecular weight excluding hydrogens is 204 g/mol. The minimum atomic E-state index is 0.350. The standard InChI is InChI=1S/C11H20N4O/c1-8(2)15(5-6-16-4)11-9(3)10(12)13-7-14-11/h7-8H,5-6H2,1-4H3,(H2,12,13,14). The molecule has 5 nitrogen and oxygen atoms in total. The molecule has 0 bridgehead atoms. The number of nitrogens with two attached hydrogens (primary N) is 1. The van der Waals surface area contributed by atoms with E-state index >= 15 is 0 Å². The monoisotopic (exact) mass is 224 g/mol. The van der Waals surface area contributed by atoms with Crippen LogP contribution in [0.15, 0.2) is 6.33 Å². The number of hydrogen-bond acceptors (Lipinski definition) is 5. The van der Waals surface area contributed by atoms with Gasteiger partial charge in [0.05, 0.1) is 6.61 Å². The molecule has 0 fully saturated rings. The Labute approximate surface area is 96.6 Å². The maximum Gasteiger partial charge on any atom is 0.137 e. The Morgan fingerprint density at radius 3 is 2.69 bits per heavy atom. The van der Waals surface area contributed by atoms with Crippen LogP contribution in [-0.4, -0.2) is 36.3 Å². The van der Waals surface area contributed by atoms with E-state index in [0.717, 1.165) is 17.9 Å². The Balaban J connectivity index is 2.96. The number of nitrogen functional groups attached to an aromatic ring is 1. The number of hydrogen-bond donors (Lipinski definition) is 1. The van der Waals surface area contributed by atoms with Gasteiger partial charge in [0.15, 0.2) is 0 Å². The quantitative estimate of drug-likeness (QED) is 0.815. The molecule has 0 amide bonds. The summed E-state index contributed by atoms with van der Waals surface area (Å²) < 4.78 is 5.10. The summed E-state index contributed by atoms with van der Waals surface area (Å²) in [5.74, 6) is 1.42. The Morgan fingerprint density at radius 1 is 1.44 bits per heavy atom. The van der Waals surface area contributed by atoms with Crippen molar-refractivity contribution in [2.24, 2.45) is 0 Å². The Kier molecular flexibility index (Phi) is 4.49. The van der Waals surface area contributed by atoms with Crippen molar-refractivity contribution in [3.8, 4) is 0 Å². The second-order valence-corrected chi connectivity index (χ2v) is 3.99. The fourth-order valence-electron chi connectivity index (χ4n) is 1.54. The van der Waals surface area contributed by atoms with Gasteiger partial charge in [0.25, 0.3) is 0 Å².